The summed E-state index contributed by atoms with van der Waals surface area (Å²) in [6.45, 7) is 9.80. The molecular weight excluding hydrogens is 396 g/mol. The molecule has 0 aromatic carbocycles. The van der Waals surface area contributed by atoms with Gasteiger partial charge in [-0.25, -0.2) is 4.67 Å². The van der Waals surface area contributed by atoms with Gasteiger partial charge in [-0.3, -0.25) is 0 Å². The van der Waals surface area contributed by atoms with Gasteiger partial charge in [0.25, 0.3) is 0 Å². The molecule has 1 rings (SSSR count). The summed E-state index contributed by atoms with van der Waals surface area (Å²) in [4.78, 5) is 0. The molecule has 1 aliphatic rings. The summed E-state index contributed by atoms with van der Waals surface area (Å²) >= 11 is 0. The molecule has 1 heterocycles. The summed E-state index contributed by atoms with van der Waals surface area (Å²) in [5.74, 6) is 0.116. The van der Waals surface area contributed by atoms with E-state index in [2.05, 4.69) is 32.4 Å². The molecule has 1 atom stereocenters. The predicted octanol–water partition coefficient (Wildman–Crippen LogP) is 8.81. The third-order valence-electron chi connectivity index (χ3n) is 6.71. The summed E-state index contributed by atoms with van der Waals surface area (Å²) in [5.41, 5.74) is 0. The molecule has 1 aliphatic heterocycles. The van der Waals surface area contributed by atoms with Gasteiger partial charge in [-0.2, -0.15) is 0 Å². The second-order valence-corrected chi connectivity index (χ2v) is 15.8. The standard InChI is InChI=1S/C24H51NO2P2/c1-5-9-13-20-28(26,21-14-10-6-2)24-18-17-19-25(24)29(27,22-15-11-7-3)23-16-12-8-4/h24H,5-23H2,1-4H3. The maximum atomic E-state index is 14.3. The molecular formula is C24H51NO2P2. The first-order valence-electron chi connectivity index (χ1n) is 12.9. The van der Waals surface area contributed by atoms with Crippen molar-refractivity contribution in [2.75, 3.05) is 31.2 Å². The molecule has 3 nitrogen and oxygen atoms in total. The fourth-order valence-electron chi connectivity index (χ4n) is 4.89. The summed E-state index contributed by atoms with van der Waals surface area (Å²) in [5, 5.41) is 0. The van der Waals surface area contributed by atoms with E-state index in [1.165, 1.54) is 51.4 Å². The van der Waals surface area contributed by atoms with Crippen molar-refractivity contribution in [3.8, 4) is 0 Å². The van der Waals surface area contributed by atoms with Crippen LogP contribution in [0.15, 0.2) is 0 Å². The average molecular weight is 448 g/mol. The highest BCUT2D eigenvalue weighted by atomic mass is 31.2. The summed E-state index contributed by atoms with van der Waals surface area (Å²) < 4.78 is 31.0. The Labute approximate surface area is 183 Å². The molecule has 0 N–H and O–H groups in total. The average Bonchev–Trinajstić information content (AvgIpc) is 3.20. The second-order valence-electron chi connectivity index (χ2n) is 9.31. The van der Waals surface area contributed by atoms with Gasteiger partial charge in [-0.1, -0.05) is 79.1 Å². The van der Waals surface area contributed by atoms with E-state index >= 15 is 0 Å². The Morgan fingerprint density at radius 2 is 1.07 bits per heavy atom. The zero-order chi connectivity index (χ0) is 21.6. The van der Waals surface area contributed by atoms with E-state index in [0.29, 0.717) is 0 Å². The minimum Gasteiger partial charge on any atom is -0.322 e. The molecule has 1 fully saturated rings. The van der Waals surface area contributed by atoms with E-state index in [-0.39, 0.29) is 5.78 Å². The van der Waals surface area contributed by atoms with Crippen molar-refractivity contribution in [1.29, 1.82) is 0 Å². The first-order valence-corrected chi connectivity index (χ1v) is 17.1. The number of hydrogen-bond donors (Lipinski definition) is 0. The lowest BCUT2D eigenvalue weighted by molar-refractivity contribution is 0.431. The zero-order valence-corrected chi connectivity index (χ0v) is 22.0. The van der Waals surface area contributed by atoms with E-state index in [0.717, 1.165) is 69.7 Å². The van der Waals surface area contributed by atoms with Gasteiger partial charge in [-0.15, -0.1) is 0 Å². The van der Waals surface area contributed by atoms with Crippen molar-refractivity contribution in [3.63, 3.8) is 0 Å². The van der Waals surface area contributed by atoms with Gasteiger partial charge in [0.2, 0.25) is 0 Å². The minimum atomic E-state index is -2.40. The maximum Gasteiger partial charge on any atom is 0.151 e. The molecule has 0 saturated carbocycles. The van der Waals surface area contributed by atoms with Gasteiger partial charge in [0, 0.05) is 31.2 Å². The smallest absolute Gasteiger partial charge is 0.151 e. The molecule has 5 heteroatoms. The Bertz CT molecular complexity index is 437. The molecule has 0 radical (unpaired) electrons. The van der Waals surface area contributed by atoms with Crippen LogP contribution >= 0.6 is 14.4 Å². The van der Waals surface area contributed by atoms with Crippen LogP contribution in [0.1, 0.15) is 118 Å². The van der Waals surface area contributed by atoms with Gasteiger partial charge >= 0.3 is 0 Å². The van der Waals surface area contributed by atoms with Crippen LogP contribution in [-0.4, -0.2) is 41.6 Å². The summed E-state index contributed by atoms with van der Waals surface area (Å²) in [7, 11) is -4.70. The van der Waals surface area contributed by atoms with E-state index in [1.54, 1.807) is 0 Å². The van der Waals surface area contributed by atoms with Gasteiger partial charge in [0.05, 0.1) is 5.78 Å². The van der Waals surface area contributed by atoms with Gasteiger partial charge in [0.1, 0.15) is 7.14 Å². The number of unbranched alkanes of at least 4 members (excludes halogenated alkanes) is 8. The predicted molar refractivity (Wildman–Crippen MR) is 133 cm³/mol. The lowest BCUT2D eigenvalue weighted by Crippen LogP contribution is -2.31. The SMILES string of the molecule is CCCCCP(=O)(CCCCC)C1CCCN1P(=O)(CCCCC)CCCCC. The topological polar surface area (TPSA) is 37.4 Å². The monoisotopic (exact) mass is 447 g/mol. The molecule has 0 aliphatic carbocycles. The quantitative estimate of drug-likeness (QED) is 0.156. The van der Waals surface area contributed by atoms with Gasteiger partial charge in [0.15, 0.2) is 7.29 Å². The first kappa shape index (κ1) is 27.5. The first-order chi connectivity index (χ1) is 14.0. The fraction of sp³-hybridized carbons (Fsp3) is 1.00. The third-order valence-corrected chi connectivity index (χ3v) is 14.1. The van der Waals surface area contributed by atoms with Crippen molar-refractivity contribution in [2.24, 2.45) is 0 Å². The van der Waals surface area contributed by atoms with Crippen molar-refractivity contribution < 1.29 is 9.13 Å². The number of hydrogen-bond acceptors (Lipinski definition) is 2. The van der Waals surface area contributed by atoms with Crippen LogP contribution in [0.25, 0.3) is 0 Å². The van der Waals surface area contributed by atoms with Crippen LogP contribution in [0.4, 0.5) is 0 Å². The maximum absolute atomic E-state index is 14.3. The Hall–Kier alpha value is 0.420. The van der Waals surface area contributed by atoms with Crippen molar-refractivity contribution in [1.82, 2.24) is 4.67 Å². The largest absolute Gasteiger partial charge is 0.322 e. The van der Waals surface area contributed by atoms with E-state index in [9.17, 15) is 9.13 Å². The van der Waals surface area contributed by atoms with Crippen LogP contribution in [0.5, 0.6) is 0 Å². The van der Waals surface area contributed by atoms with Crippen LogP contribution in [0.2, 0.25) is 0 Å². The Morgan fingerprint density at radius 1 is 0.655 bits per heavy atom. The second kappa shape index (κ2) is 15.3. The van der Waals surface area contributed by atoms with Crippen molar-refractivity contribution in [2.45, 2.75) is 123 Å². The van der Waals surface area contributed by atoms with Gasteiger partial charge in [-0.05, 0) is 38.5 Å². The van der Waals surface area contributed by atoms with E-state index in [1.807, 2.05) is 0 Å². The van der Waals surface area contributed by atoms with E-state index < -0.39 is 14.4 Å². The number of nitrogens with zero attached hydrogens (tertiary/aromatic N) is 1. The fourth-order valence-corrected chi connectivity index (χ4v) is 12.9. The molecule has 0 aromatic heterocycles. The highest BCUT2D eigenvalue weighted by Gasteiger charge is 2.45. The van der Waals surface area contributed by atoms with Gasteiger partial charge < -0.3 is 9.13 Å². The molecule has 0 bridgehead atoms. The van der Waals surface area contributed by atoms with Crippen LogP contribution in [0.3, 0.4) is 0 Å². The summed E-state index contributed by atoms with van der Waals surface area (Å²) in [6.07, 6.45) is 19.3. The van der Waals surface area contributed by atoms with Crippen LogP contribution < -0.4 is 0 Å². The number of rotatable bonds is 18. The highest BCUT2D eigenvalue weighted by Crippen LogP contribution is 2.65. The lowest BCUT2D eigenvalue weighted by Gasteiger charge is -2.38. The Morgan fingerprint density at radius 3 is 1.48 bits per heavy atom. The van der Waals surface area contributed by atoms with Crippen LogP contribution in [-0.2, 0) is 9.13 Å². The molecule has 29 heavy (non-hydrogen) atoms. The molecule has 1 unspecified atom stereocenters. The Balaban J connectivity index is 3.02. The Kier molecular flexibility index (Phi) is 14.4. The summed E-state index contributed by atoms with van der Waals surface area (Å²) in [6, 6.07) is 0. The molecule has 0 amide bonds. The highest BCUT2D eigenvalue weighted by molar-refractivity contribution is 7.67. The van der Waals surface area contributed by atoms with Crippen LogP contribution in [0, 0.1) is 0 Å². The molecule has 1 saturated heterocycles. The minimum absolute atomic E-state index is 0.116. The molecule has 174 valence electrons. The normalized spacial score (nSPS) is 18.6. The molecule has 0 aromatic rings. The van der Waals surface area contributed by atoms with E-state index in [4.69, 9.17) is 0 Å². The third kappa shape index (κ3) is 9.21. The molecule has 0 spiro atoms. The zero-order valence-electron chi connectivity index (χ0n) is 20.2. The van der Waals surface area contributed by atoms with Crippen molar-refractivity contribution in [3.05, 3.63) is 0 Å². The van der Waals surface area contributed by atoms with Crippen molar-refractivity contribution >= 4 is 14.4 Å². The lowest BCUT2D eigenvalue weighted by atomic mass is 10.3.